The van der Waals surface area contributed by atoms with E-state index < -0.39 is 0 Å². The zero-order valence-electron chi connectivity index (χ0n) is 16.0. The van der Waals surface area contributed by atoms with Crippen LogP contribution in [0.15, 0.2) is 24.3 Å². The molecule has 1 atom stereocenters. The first kappa shape index (κ1) is 20.2. The fourth-order valence-corrected chi connectivity index (χ4v) is 3.36. The van der Waals surface area contributed by atoms with Crippen LogP contribution in [0.4, 0.5) is 5.69 Å². The normalized spacial score (nSPS) is 15.9. The number of rotatable bonds is 9. The van der Waals surface area contributed by atoms with E-state index >= 15 is 0 Å². The maximum atomic E-state index is 12.2. The molecule has 0 spiro atoms. The van der Waals surface area contributed by atoms with Gasteiger partial charge in [0.15, 0.2) is 13.1 Å². The molecule has 1 saturated carbocycles. The van der Waals surface area contributed by atoms with Crippen LogP contribution in [0.25, 0.3) is 0 Å². The summed E-state index contributed by atoms with van der Waals surface area (Å²) in [5.74, 6) is 1.31. The van der Waals surface area contributed by atoms with E-state index in [9.17, 15) is 9.59 Å². The number of likely N-dealkylation sites (N-methyl/N-ethyl adjacent to an activating group) is 1. The van der Waals surface area contributed by atoms with E-state index in [0.717, 1.165) is 29.4 Å². The zero-order chi connectivity index (χ0) is 18.8. The molecule has 1 aromatic rings. The molecule has 0 radical (unpaired) electrons. The second-order valence-electron chi connectivity index (χ2n) is 7.04. The van der Waals surface area contributed by atoms with E-state index in [-0.39, 0.29) is 18.4 Å². The standard InChI is InChI=1S/C20H31N3O3/c1-3-23(14-19(24)21-13-16-7-5-4-6-8-16)15-20(25)22-17-9-11-18(26-2)12-10-17/h9-12,16H,3-8,13-15H2,1-2H3,(H,21,24)(H,22,25)/p+1. The summed E-state index contributed by atoms with van der Waals surface area (Å²) < 4.78 is 5.11. The number of carbonyl (C=O) groups is 2. The molecule has 1 aliphatic rings. The molecule has 0 aromatic heterocycles. The van der Waals surface area contributed by atoms with Gasteiger partial charge >= 0.3 is 0 Å². The molecule has 144 valence electrons. The van der Waals surface area contributed by atoms with Crippen LogP contribution >= 0.6 is 0 Å². The molecule has 1 aliphatic carbocycles. The van der Waals surface area contributed by atoms with Gasteiger partial charge in [-0.2, -0.15) is 0 Å². The van der Waals surface area contributed by atoms with Gasteiger partial charge in [0.2, 0.25) is 0 Å². The number of hydrogen-bond donors (Lipinski definition) is 3. The van der Waals surface area contributed by atoms with Crippen molar-refractivity contribution in [2.75, 3.05) is 38.6 Å². The van der Waals surface area contributed by atoms with Gasteiger partial charge in [0.1, 0.15) is 5.75 Å². The maximum absolute atomic E-state index is 12.2. The Hall–Kier alpha value is -2.08. The maximum Gasteiger partial charge on any atom is 0.279 e. The van der Waals surface area contributed by atoms with Crippen molar-refractivity contribution in [3.63, 3.8) is 0 Å². The van der Waals surface area contributed by atoms with Gasteiger partial charge in [0, 0.05) is 12.2 Å². The first-order valence-electron chi connectivity index (χ1n) is 9.65. The topological polar surface area (TPSA) is 71.9 Å². The summed E-state index contributed by atoms with van der Waals surface area (Å²) in [5, 5.41) is 5.92. The van der Waals surface area contributed by atoms with Gasteiger partial charge in [-0.25, -0.2) is 0 Å². The fraction of sp³-hybridized carbons (Fsp3) is 0.600. The van der Waals surface area contributed by atoms with E-state index in [0.29, 0.717) is 12.5 Å². The van der Waals surface area contributed by atoms with Gasteiger partial charge in [-0.1, -0.05) is 19.3 Å². The summed E-state index contributed by atoms with van der Waals surface area (Å²) in [5.41, 5.74) is 0.730. The minimum Gasteiger partial charge on any atom is -0.497 e. The van der Waals surface area contributed by atoms with Crippen LogP contribution < -0.4 is 20.3 Å². The van der Waals surface area contributed by atoms with Crippen molar-refractivity contribution in [3.8, 4) is 5.75 Å². The number of anilines is 1. The number of ether oxygens (including phenoxy) is 1. The highest BCUT2D eigenvalue weighted by Gasteiger charge is 2.19. The van der Waals surface area contributed by atoms with Crippen molar-refractivity contribution in [1.29, 1.82) is 0 Å². The molecule has 1 aromatic carbocycles. The molecule has 0 saturated heterocycles. The SMILES string of the molecule is CC[NH+](CC(=O)NCC1CCCCC1)CC(=O)Nc1ccc(OC)cc1. The van der Waals surface area contributed by atoms with Crippen LogP contribution in [0.3, 0.4) is 0 Å². The largest absolute Gasteiger partial charge is 0.497 e. The van der Waals surface area contributed by atoms with E-state index in [1.54, 1.807) is 31.4 Å². The third-order valence-corrected chi connectivity index (χ3v) is 5.01. The number of hydrogen-bond acceptors (Lipinski definition) is 3. The lowest BCUT2D eigenvalue weighted by Crippen LogP contribution is -3.14. The molecular formula is C20H32N3O3+. The minimum absolute atomic E-state index is 0.0321. The molecule has 6 heteroatoms. The number of nitrogens with one attached hydrogen (secondary N) is 3. The Morgan fingerprint density at radius 2 is 1.73 bits per heavy atom. The zero-order valence-corrected chi connectivity index (χ0v) is 16.0. The van der Waals surface area contributed by atoms with Crippen LogP contribution in [0.1, 0.15) is 39.0 Å². The van der Waals surface area contributed by atoms with Crippen LogP contribution in [0.2, 0.25) is 0 Å². The Kier molecular flexibility index (Phi) is 8.41. The highest BCUT2D eigenvalue weighted by Crippen LogP contribution is 2.22. The highest BCUT2D eigenvalue weighted by molar-refractivity contribution is 5.91. The van der Waals surface area contributed by atoms with Crippen molar-refractivity contribution in [2.45, 2.75) is 39.0 Å². The number of benzene rings is 1. The Morgan fingerprint density at radius 1 is 1.08 bits per heavy atom. The molecule has 0 bridgehead atoms. The number of quaternary nitrogens is 1. The Morgan fingerprint density at radius 3 is 2.35 bits per heavy atom. The molecule has 2 amide bonds. The summed E-state index contributed by atoms with van der Waals surface area (Å²) in [6, 6.07) is 7.22. The van der Waals surface area contributed by atoms with Crippen molar-refractivity contribution >= 4 is 17.5 Å². The smallest absolute Gasteiger partial charge is 0.279 e. The Bertz CT molecular complexity index is 568. The van der Waals surface area contributed by atoms with Crippen LogP contribution in [-0.4, -0.2) is 45.1 Å². The lowest BCUT2D eigenvalue weighted by Gasteiger charge is -2.22. The number of methoxy groups -OCH3 is 1. The van der Waals surface area contributed by atoms with Crippen molar-refractivity contribution in [1.82, 2.24) is 5.32 Å². The minimum atomic E-state index is -0.0907. The van der Waals surface area contributed by atoms with E-state index in [1.165, 1.54) is 32.1 Å². The van der Waals surface area contributed by atoms with E-state index in [1.807, 2.05) is 6.92 Å². The average molecular weight is 362 g/mol. The third-order valence-electron chi connectivity index (χ3n) is 5.01. The molecular weight excluding hydrogens is 330 g/mol. The Balaban J connectivity index is 1.72. The summed E-state index contributed by atoms with van der Waals surface area (Å²) in [6.45, 7) is 4.10. The first-order chi connectivity index (χ1) is 12.6. The average Bonchev–Trinajstić information content (AvgIpc) is 2.67. The second kappa shape index (κ2) is 10.8. The Labute approximate surface area is 156 Å². The van der Waals surface area contributed by atoms with E-state index in [4.69, 9.17) is 4.74 Å². The van der Waals surface area contributed by atoms with Gasteiger partial charge in [-0.3, -0.25) is 9.59 Å². The summed E-state index contributed by atoms with van der Waals surface area (Å²) in [6.07, 6.45) is 6.31. The molecule has 2 rings (SSSR count). The van der Waals surface area contributed by atoms with Gasteiger partial charge in [-0.15, -0.1) is 0 Å². The summed E-state index contributed by atoms with van der Waals surface area (Å²) >= 11 is 0. The molecule has 26 heavy (non-hydrogen) atoms. The van der Waals surface area contributed by atoms with Gasteiger partial charge in [0.25, 0.3) is 11.8 Å². The lowest BCUT2D eigenvalue weighted by atomic mass is 9.89. The predicted molar refractivity (Wildman–Crippen MR) is 102 cm³/mol. The van der Waals surface area contributed by atoms with Crippen molar-refractivity contribution < 1.29 is 19.2 Å². The fourth-order valence-electron chi connectivity index (χ4n) is 3.36. The number of carbonyl (C=O) groups excluding carboxylic acids is 2. The summed E-state index contributed by atoms with van der Waals surface area (Å²) in [4.78, 5) is 25.4. The summed E-state index contributed by atoms with van der Waals surface area (Å²) in [7, 11) is 1.61. The highest BCUT2D eigenvalue weighted by atomic mass is 16.5. The van der Waals surface area contributed by atoms with Gasteiger partial charge in [-0.05, 0) is 49.9 Å². The second-order valence-corrected chi connectivity index (χ2v) is 7.04. The molecule has 0 heterocycles. The molecule has 6 nitrogen and oxygen atoms in total. The van der Waals surface area contributed by atoms with Crippen molar-refractivity contribution in [3.05, 3.63) is 24.3 Å². The van der Waals surface area contributed by atoms with Crippen LogP contribution in [0, 0.1) is 5.92 Å². The first-order valence-corrected chi connectivity index (χ1v) is 9.65. The molecule has 0 aliphatic heterocycles. The van der Waals surface area contributed by atoms with Gasteiger partial charge < -0.3 is 20.3 Å². The van der Waals surface area contributed by atoms with Gasteiger partial charge in [0.05, 0.1) is 13.7 Å². The predicted octanol–water partition coefficient (Wildman–Crippen LogP) is 1.24. The number of amides is 2. The molecule has 1 fully saturated rings. The molecule has 1 unspecified atom stereocenters. The lowest BCUT2D eigenvalue weighted by molar-refractivity contribution is -0.881. The monoisotopic (exact) mass is 362 g/mol. The van der Waals surface area contributed by atoms with Crippen molar-refractivity contribution in [2.24, 2.45) is 5.92 Å². The van der Waals surface area contributed by atoms with E-state index in [2.05, 4.69) is 10.6 Å². The quantitative estimate of drug-likeness (QED) is 0.619. The van der Waals surface area contributed by atoms with Crippen LogP contribution in [-0.2, 0) is 9.59 Å². The third kappa shape index (κ3) is 7.04. The van der Waals surface area contributed by atoms with Crippen LogP contribution in [0.5, 0.6) is 5.75 Å². The molecule has 3 N–H and O–H groups in total.